The largest absolute Gasteiger partial charge is 0.481 e. The van der Waals surface area contributed by atoms with Gasteiger partial charge in [0.2, 0.25) is 10.0 Å². The van der Waals surface area contributed by atoms with Crippen LogP contribution in [0.4, 0.5) is 0 Å². The highest BCUT2D eigenvalue weighted by atomic mass is 32.2. The van der Waals surface area contributed by atoms with Gasteiger partial charge in [-0.25, -0.2) is 13.1 Å². The Kier molecular flexibility index (Phi) is 5.30. The third-order valence-electron chi connectivity index (χ3n) is 2.55. The normalized spacial score (nSPS) is 13.2. The molecule has 0 aliphatic heterocycles. The van der Waals surface area contributed by atoms with E-state index in [4.69, 9.17) is 5.11 Å². The minimum absolute atomic E-state index is 0.0244. The molecule has 6 heteroatoms. The molecule has 1 rings (SSSR count). The van der Waals surface area contributed by atoms with Crippen LogP contribution in [0, 0.1) is 0 Å². The molecule has 5 nitrogen and oxygen atoms in total. The summed E-state index contributed by atoms with van der Waals surface area (Å²) in [5.41, 5.74) is 0.774. The molecule has 2 N–H and O–H groups in total. The van der Waals surface area contributed by atoms with Crippen molar-refractivity contribution in [2.45, 2.75) is 25.8 Å². The SMILES string of the molecule is CCS(=O)(=O)NC(CCC(=O)O)c1ccccc1. The van der Waals surface area contributed by atoms with Crippen LogP contribution in [0.3, 0.4) is 0 Å². The van der Waals surface area contributed by atoms with E-state index in [-0.39, 0.29) is 18.6 Å². The maximum Gasteiger partial charge on any atom is 0.303 e. The molecule has 0 aromatic heterocycles. The van der Waals surface area contributed by atoms with E-state index >= 15 is 0 Å². The van der Waals surface area contributed by atoms with Crippen LogP contribution in [0.25, 0.3) is 0 Å². The molecular weight excluding hydrogens is 254 g/mol. The zero-order valence-electron chi connectivity index (χ0n) is 10.2. The standard InChI is InChI=1S/C12H17NO4S/c1-2-18(16,17)13-11(8-9-12(14)15)10-6-4-3-5-7-10/h3-7,11,13H,2,8-9H2,1H3,(H,14,15). The molecule has 0 amide bonds. The van der Waals surface area contributed by atoms with E-state index in [1.807, 2.05) is 6.07 Å². The van der Waals surface area contributed by atoms with E-state index in [9.17, 15) is 13.2 Å². The Hall–Kier alpha value is -1.40. The topological polar surface area (TPSA) is 83.5 Å². The highest BCUT2D eigenvalue weighted by molar-refractivity contribution is 7.89. The van der Waals surface area contributed by atoms with Gasteiger partial charge in [0.1, 0.15) is 0 Å². The smallest absolute Gasteiger partial charge is 0.303 e. The number of aliphatic carboxylic acids is 1. The molecule has 0 radical (unpaired) electrons. The second-order valence-corrected chi connectivity index (χ2v) is 5.96. The van der Waals surface area contributed by atoms with Gasteiger partial charge in [0.05, 0.1) is 5.75 Å². The molecule has 0 spiro atoms. The lowest BCUT2D eigenvalue weighted by atomic mass is 10.0. The molecular formula is C12H17NO4S. The van der Waals surface area contributed by atoms with Crippen molar-refractivity contribution in [2.24, 2.45) is 0 Å². The molecule has 100 valence electrons. The van der Waals surface area contributed by atoms with Crippen LogP contribution in [0.15, 0.2) is 30.3 Å². The Morgan fingerprint density at radius 2 is 1.94 bits per heavy atom. The van der Waals surface area contributed by atoms with Gasteiger partial charge in [-0.15, -0.1) is 0 Å². The van der Waals surface area contributed by atoms with E-state index in [0.717, 1.165) is 5.56 Å². The number of hydrogen-bond acceptors (Lipinski definition) is 3. The molecule has 1 aromatic carbocycles. The van der Waals surface area contributed by atoms with E-state index < -0.39 is 22.0 Å². The molecule has 0 heterocycles. The fourth-order valence-corrected chi connectivity index (χ4v) is 2.40. The number of hydrogen-bond donors (Lipinski definition) is 2. The van der Waals surface area contributed by atoms with Gasteiger partial charge in [-0.05, 0) is 18.9 Å². The number of nitrogens with one attached hydrogen (secondary N) is 1. The maximum absolute atomic E-state index is 11.6. The maximum atomic E-state index is 11.6. The van der Waals surface area contributed by atoms with Crippen LogP contribution in [-0.2, 0) is 14.8 Å². The molecule has 1 unspecified atom stereocenters. The number of benzene rings is 1. The zero-order chi connectivity index (χ0) is 13.6. The second-order valence-electron chi connectivity index (χ2n) is 3.92. The van der Waals surface area contributed by atoms with Gasteiger partial charge in [-0.1, -0.05) is 30.3 Å². The van der Waals surface area contributed by atoms with Gasteiger partial charge >= 0.3 is 5.97 Å². The molecule has 18 heavy (non-hydrogen) atoms. The predicted molar refractivity (Wildman–Crippen MR) is 68.6 cm³/mol. The number of rotatable bonds is 7. The number of sulfonamides is 1. The Morgan fingerprint density at radius 1 is 1.33 bits per heavy atom. The molecule has 0 aliphatic carbocycles. The van der Waals surface area contributed by atoms with Crippen LogP contribution in [-0.4, -0.2) is 25.2 Å². The van der Waals surface area contributed by atoms with Gasteiger partial charge in [0.15, 0.2) is 0 Å². The first-order chi connectivity index (χ1) is 8.44. The first kappa shape index (κ1) is 14.7. The van der Waals surface area contributed by atoms with Crippen LogP contribution in [0.1, 0.15) is 31.4 Å². The van der Waals surface area contributed by atoms with Crippen molar-refractivity contribution in [1.29, 1.82) is 0 Å². The van der Waals surface area contributed by atoms with E-state index in [1.165, 1.54) is 0 Å². The summed E-state index contributed by atoms with van der Waals surface area (Å²) < 4.78 is 25.7. The number of carbonyl (C=O) groups is 1. The highest BCUT2D eigenvalue weighted by Gasteiger charge is 2.18. The van der Waals surface area contributed by atoms with Crippen LogP contribution in [0.2, 0.25) is 0 Å². The summed E-state index contributed by atoms with van der Waals surface area (Å²) in [6, 6.07) is 8.49. The molecule has 1 aromatic rings. The summed E-state index contributed by atoms with van der Waals surface area (Å²) in [7, 11) is -3.36. The molecule has 0 fully saturated rings. The third-order valence-corrected chi connectivity index (χ3v) is 3.95. The molecule has 0 bridgehead atoms. The second kappa shape index (κ2) is 6.51. The van der Waals surface area contributed by atoms with Gasteiger partial charge in [-0.3, -0.25) is 4.79 Å². The monoisotopic (exact) mass is 271 g/mol. The summed E-state index contributed by atoms with van der Waals surface area (Å²) in [5.74, 6) is -0.963. The molecule has 0 saturated heterocycles. The van der Waals surface area contributed by atoms with E-state index in [0.29, 0.717) is 0 Å². The summed E-state index contributed by atoms with van der Waals surface area (Å²) in [6.07, 6.45) is 0.157. The van der Waals surface area contributed by atoms with Crippen molar-refractivity contribution in [1.82, 2.24) is 4.72 Å². The van der Waals surface area contributed by atoms with Gasteiger partial charge in [0, 0.05) is 12.5 Å². The van der Waals surface area contributed by atoms with Crippen molar-refractivity contribution in [3.63, 3.8) is 0 Å². The van der Waals surface area contributed by atoms with Crippen molar-refractivity contribution >= 4 is 16.0 Å². The first-order valence-electron chi connectivity index (χ1n) is 5.71. The zero-order valence-corrected chi connectivity index (χ0v) is 11.0. The Bertz CT molecular complexity index is 484. The quantitative estimate of drug-likeness (QED) is 0.787. The molecule has 0 aliphatic rings. The summed E-state index contributed by atoms with van der Waals surface area (Å²) in [6.45, 7) is 1.54. The van der Waals surface area contributed by atoms with E-state index in [1.54, 1.807) is 31.2 Å². The lowest BCUT2D eigenvalue weighted by molar-refractivity contribution is -0.137. The summed E-state index contributed by atoms with van der Waals surface area (Å²) in [4.78, 5) is 10.6. The van der Waals surface area contributed by atoms with Crippen molar-refractivity contribution in [2.75, 3.05) is 5.75 Å². The number of carboxylic acid groups (broad SMARTS) is 1. The van der Waals surface area contributed by atoms with Crippen molar-refractivity contribution < 1.29 is 18.3 Å². The average molecular weight is 271 g/mol. The average Bonchev–Trinajstić information content (AvgIpc) is 2.35. The Morgan fingerprint density at radius 3 is 2.44 bits per heavy atom. The summed E-state index contributed by atoms with van der Waals surface area (Å²) in [5, 5.41) is 8.69. The summed E-state index contributed by atoms with van der Waals surface area (Å²) >= 11 is 0. The third kappa shape index (κ3) is 4.85. The number of carboxylic acids is 1. The van der Waals surface area contributed by atoms with Crippen LogP contribution >= 0.6 is 0 Å². The van der Waals surface area contributed by atoms with Crippen molar-refractivity contribution in [3.05, 3.63) is 35.9 Å². The minimum Gasteiger partial charge on any atom is -0.481 e. The predicted octanol–water partition coefficient (Wildman–Crippen LogP) is 1.53. The highest BCUT2D eigenvalue weighted by Crippen LogP contribution is 2.19. The van der Waals surface area contributed by atoms with Gasteiger partial charge in [0.25, 0.3) is 0 Å². The lowest BCUT2D eigenvalue weighted by Gasteiger charge is -2.17. The Labute approximate surface area is 107 Å². The minimum atomic E-state index is -3.36. The molecule has 1 atom stereocenters. The fraction of sp³-hybridized carbons (Fsp3) is 0.417. The van der Waals surface area contributed by atoms with Gasteiger partial charge < -0.3 is 5.11 Å². The van der Waals surface area contributed by atoms with Crippen LogP contribution < -0.4 is 4.72 Å². The Balaban J connectivity index is 2.85. The lowest BCUT2D eigenvalue weighted by Crippen LogP contribution is -2.30. The van der Waals surface area contributed by atoms with Crippen LogP contribution in [0.5, 0.6) is 0 Å². The fourth-order valence-electron chi connectivity index (χ4n) is 1.55. The van der Waals surface area contributed by atoms with Crippen molar-refractivity contribution in [3.8, 4) is 0 Å². The molecule has 0 saturated carbocycles. The van der Waals surface area contributed by atoms with Gasteiger partial charge in [-0.2, -0.15) is 0 Å². The first-order valence-corrected chi connectivity index (χ1v) is 7.36. The van der Waals surface area contributed by atoms with E-state index in [2.05, 4.69) is 4.72 Å².